The summed E-state index contributed by atoms with van der Waals surface area (Å²) < 4.78 is 1.09. The molecule has 0 aliphatic heterocycles. The maximum absolute atomic E-state index is 12.4. The van der Waals surface area contributed by atoms with E-state index in [0.717, 1.165) is 37.4 Å². The lowest BCUT2D eigenvalue weighted by Crippen LogP contribution is -2.31. The second kappa shape index (κ2) is 15.3. The zero-order chi connectivity index (χ0) is 35.3. The van der Waals surface area contributed by atoms with Crippen molar-refractivity contribution in [2.24, 2.45) is 33.8 Å². The first-order chi connectivity index (χ1) is 20.1. The number of nitrogens with zero attached hydrogens (tertiary/aromatic N) is 3. The van der Waals surface area contributed by atoms with Gasteiger partial charge in [-0.3, -0.25) is 33.7 Å². The molecule has 45 heavy (non-hydrogen) atoms. The van der Waals surface area contributed by atoms with Crippen LogP contribution < -0.4 is 9.75 Å². The van der Waals surface area contributed by atoms with Crippen LogP contribution in [0.15, 0.2) is 42.2 Å². The van der Waals surface area contributed by atoms with E-state index in [1.165, 1.54) is 7.05 Å². The van der Waals surface area contributed by atoms with Gasteiger partial charge in [-0.05, 0) is 92.3 Å². The fraction of sp³-hybridized carbons (Fsp3) is 0.706. The number of ketones is 2. The average molecular weight is 666 g/mol. The van der Waals surface area contributed by atoms with Crippen LogP contribution >= 0.6 is 20.7 Å². The summed E-state index contributed by atoms with van der Waals surface area (Å²) in [4.78, 5) is 54.1. The third-order valence-corrected chi connectivity index (χ3v) is 8.68. The van der Waals surface area contributed by atoms with Crippen molar-refractivity contribution in [1.82, 2.24) is 4.57 Å². The number of rotatable bonds is 4. The fourth-order valence-electron chi connectivity index (χ4n) is 5.13. The number of aliphatic hydroxyl groups is 2. The second-order valence-electron chi connectivity index (χ2n) is 16.0. The van der Waals surface area contributed by atoms with Crippen LogP contribution in [0.3, 0.4) is 0 Å². The fourth-order valence-corrected chi connectivity index (χ4v) is 6.81. The second-order valence-corrected chi connectivity index (χ2v) is 18.0. The smallest absolute Gasteiger partial charge is 0.320 e. The van der Waals surface area contributed by atoms with E-state index >= 15 is 0 Å². The van der Waals surface area contributed by atoms with Crippen LogP contribution in [0.1, 0.15) is 122 Å². The van der Waals surface area contributed by atoms with Crippen molar-refractivity contribution in [2.45, 2.75) is 133 Å². The summed E-state index contributed by atoms with van der Waals surface area (Å²) in [6, 6.07) is 0. The number of hydrogen-bond acceptors (Lipinski definition) is 10. The lowest BCUT2D eigenvalue weighted by atomic mass is 9.75. The summed E-state index contributed by atoms with van der Waals surface area (Å²) in [5, 5.41) is 20.4. The molecule has 0 saturated heterocycles. The summed E-state index contributed by atoms with van der Waals surface area (Å²) >= 11 is 0. The Morgan fingerprint density at radius 3 is 1.42 bits per heavy atom. The predicted octanol–water partition coefficient (Wildman–Crippen LogP) is 7.79. The van der Waals surface area contributed by atoms with Gasteiger partial charge in [0.05, 0.1) is 22.2 Å². The number of allylic oxidation sites excluding steroid dienone is 4. The van der Waals surface area contributed by atoms with E-state index in [9.17, 15) is 29.4 Å². The molecule has 0 amide bonds. The molecule has 11 heteroatoms. The molecule has 1 aromatic rings. The Morgan fingerprint density at radius 1 is 0.756 bits per heavy atom. The highest BCUT2D eigenvalue weighted by Crippen LogP contribution is 2.38. The highest BCUT2D eigenvalue weighted by Gasteiger charge is 2.36. The van der Waals surface area contributed by atoms with Gasteiger partial charge in [0.2, 0.25) is 0 Å². The first kappa shape index (κ1) is 40.4. The van der Waals surface area contributed by atoms with Crippen molar-refractivity contribution in [2.75, 3.05) is 0 Å². The minimum atomic E-state index is -0.245. The van der Waals surface area contributed by atoms with Crippen LogP contribution in [0.2, 0.25) is 0 Å². The van der Waals surface area contributed by atoms with Gasteiger partial charge in [-0.1, -0.05) is 41.5 Å². The quantitative estimate of drug-likeness (QED) is 0.249. The number of carbonyl (C=O) groups excluding carboxylic acids is 2. The van der Waals surface area contributed by atoms with E-state index < -0.39 is 0 Å². The Labute approximate surface area is 276 Å². The summed E-state index contributed by atoms with van der Waals surface area (Å²) in [5.74, 6) is 0.845. The van der Waals surface area contributed by atoms with Crippen molar-refractivity contribution >= 4 is 43.7 Å². The summed E-state index contributed by atoms with van der Waals surface area (Å²) in [7, 11) is 3.41. The number of hydrogen-bond donors (Lipinski definition) is 2. The Kier molecular flexibility index (Phi) is 13.7. The molecule has 0 bridgehead atoms. The molecular weight excluding hydrogens is 611 g/mol. The molecule has 0 atom stereocenters. The highest BCUT2D eigenvalue weighted by molar-refractivity contribution is 7.67. The van der Waals surface area contributed by atoms with Crippen LogP contribution in [0.25, 0.3) is 0 Å². The standard InChI is InChI=1S/C17H29NO2.C14H23NO2.C3H3NO2S2/c1-11(2)8-12(18-16(3,4)5)15-13(19)9-17(6,7)10-14(15)20;1-9(15-13(2,3)4)12-10(16)7-14(5,6)8-11(12)17;1-4-2(5)7-8-3(4)6/h11,19H,8-10H2,1-7H3;16H,7-8H2,1-6H3;1H3. The predicted molar refractivity (Wildman–Crippen MR) is 189 cm³/mol. The van der Waals surface area contributed by atoms with E-state index in [1.807, 2.05) is 69.2 Å². The van der Waals surface area contributed by atoms with E-state index in [2.05, 4.69) is 18.8 Å². The van der Waals surface area contributed by atoms with Gasteiger partial charge in [0.25, 0.3) is 0 Å². The molecule has 0 radical (unpaired) electrons. The molecular formula is C34H55N3O6S2. The van der Waals surface area contributed by atoms with E-state index in [0.29, 0.717) is 48.5 Å². The van der Waals surface area contributed by atoms with Gasteiger partial charge in [-0.2, -0.15) is 0 Å². The molecule has 254 valence electrons. The number of aliphatic imine (C=N–C) groups is 2. The van der Waals surface area contributed by atoms with E-state index in [4.69, 9.17) is 4.99 Å². The monoisotopic (exact) mass is 665 g/mol. The summed E-state index contributed by atoms with van der Waals surface area (Å²) in [6.45, 7) is 26.0. The third-order valence-electron chi connectivity index (χ3n) is 6.66. The summed E-state index contributed by atoms with van der Waals surface area (Å²) in [6.07, 6.45) is 2.78. The molecule has 2 N–H and O–H groups in total. The van der Waals surface area contributed by atoms with Gasteiger partial charge in [0.15, 0.2) is 11.6 Å². The largest absolute Gasteiger partial charge is 0.511 e. The zero-order valence-corrected chi connectivity index (χ0v) is 31.4. The van der Waals surface area contributed by atoms with Crippen molar-refractivity contribution < 1.29 is 19.8 Å². The van der Waals surface area contributed by atoms with Gasteiger partial charge in [-0.15, -0.1) is 0 Å². The van der Waals surface area contributed by atoms with E-state index in [-0.39, 0.29) is 54.7 Å². The normalized spacial score (nSPS) is 19.3. The Morgan fingerprint density at radius 2 is 1.13 bits per heavy atom. The molecule has 9 nitrogen and oxygen atoms in total. The van der Waals surface area contributed by atoms with E-state index in [1.54, 1.807) is 6.92 Å². The van der Waals surface area contributed by atoms with Gasteiger partial charge in [0, 0.05) is 44.2 Å². The van der Waals surface area contributed by atoms with Crippen molar-refractivity contribution in [3.05, 3.63) is 42.0 Å². The van der Waals surface area contributed by atoms with Gasteiger partial charge >= 0.3 is 9.75 Å². The van der Waals surface area contributed by atoms with Gasteiger partial charge in [-0.25, -0.2) is 0 Å². The van der Waals surface area contributed by atoms with Crippen LogP contribution in [0, 0.1) is 16.7 Å². The highest BCUT2D eigenvalue weighted by atomic mass is 32.9. The first-order valence-electron chi connectivity index (χ1n) is 15.4. The van der Waals surface area contributed by atoms with Gasteiger partial charge in [0.1, 0.15) is 11.5 Å². The summed E-state index contributed by atoms with van der Waals surface area (Å²) in [5.41, 5.74) is 1.55. The third kappa shape index (κ3) is 13.7. The van der Waals surface area contributed by atoms with Crippen LogP contribution in [0.5, 0.6) is 0 Å². The first-order valence-corrected chi connectivity index (χ1v) is 17.5. The van der Waals surface area contributed by atoms with Crippen molar-refractivity contribution in [3.8, 4) is 0 Å². The maximum atomic E-state index is 12.4. The van der Waals surface area contributed by atoms with Crippen LogP contribution in [-0.2, 0) is 16.6 Å². The van der Waals surface area contributed by atoms with Crippen molar-refractivity contribution in [1.29, 1.82) is 0 Å². The molecule has 0 spiro atoms. The topological polar surface area (TPSA) is 138 Å². The number of carbonyl (C=O) groups is 2. The molecule has 0 fully saturated rings. The lowest BCUT2D eigenvalue weighted by molar-refractivity contribution is -0.118. The molecule has 0 aromatic carbocycles. The van der Waals surface area contributed by atoms with Gasteiger partial charge < -0.3 is 10.2 Å². The zero-order valence-electron chi connectivity index (χ0n) is 29.8. The number of aromatic nitrogens is 1. The average Bonchev–Trinajstić information content (AvgIpc) is 3.05. The van der Waals surface area contributed by atoms with Crippen LogP contribution in [0.4, 0.5) is 0 Å². The van der Waals surface area contributed by atoms with Crippen LogP contribution in [-0.4, -0.2) is 48.8 Å². The van der Waals surface area contributed by atoms with Crippen molar-refractivity contribution in [3.63, 3.8) is 0 Å². The molecule has 0 unspecified atom stereocenters. The molecule has 0 saturated carbocycles. The maximum Gasteiger partial charge on any atom is 0.320 e. The minimum Gasteiger partial charge on any atom is -0.511 e. The number of Topliss-reactive ketones (excluding diaryl/α,β-unsaturated/α-hetero) is 2. The Balaban J connectivity index is 0.000000365. The molecule has 1 heterocycles. The lowest BCUT2D eigenvalue weighted by Gasteiger charge is -2.31. The SMILES string of the molecule is CC(=NC(C)(C)C)C1=C(O)CC(C)(C)CC1=O.CC(C)CC(=NC(C)(C)C)C1=C(O)CC(C)(C)CC1=O.Cn1c(=O)ssc1=O. The minimum absolute atomic E-state index is 0.00394. The molecule has 3 rings (SSSR count). The molecule has 2 aliphatic rings. The Bertz CT molecular complexity index is 1460. The Hall–Kier alpha value is -2.66. The molecule has 2 aliphatic carbocycles. The molecule has 1 aromatic heterocycles. The number of aliphatic hydroxyl groups excluding tert-OH is 2.